The maximum atomic E-state index is 11.7. The summed E-state index contributed by atoms with van der Waals surface area (Å²) in [4.78, 5) is 27.4. The Hall–Kier alpha value is -1.90. The molecule has 112 valence electrons. The van der Waals surface area contributed by atoms with Gasteiger partial charge in [0.15, 0.2) is 10.1 Å². The molecule has 21 heavy (non-hydrogen) atoms. The van der Waals surface area contributed by atoms with E-state index in [0.29, 0.717) is 10.7 Å². The van der Waals surface area contributed by atoms with Crippen molar-refractivity contribution in [2.24, 2.45) is 0 Å². The third-order valence-electron chi connectivity index (χ3n) is 2.68. The molecule has 2 rings (SSSR count). The smallest absolute Gasteiger partial charge is 0.326 e. The zero-order valence-corrected chi connectivity index (χ0v) is 12.3. The summed E-state index contributed by atoms with van der Waals surface area (Å²) in [5.74, 6) is -1.79. The molecule has 0 radical (unpaired) electrons. The molecule has 0 aliphatic heterocycles. The van der Waals surface area contributed by atoms with Crippen molar-refractivity contribution >= 4 is 45.9 Å². The summed E-state index contributed by atoms with van der Waals surface area (Å²) >= 11 is 7.37. The van der Waals surface area contributed by atoms with E-state index in [9.17, 15) is 9.59 Å². The van der Waals surface area contributed by atoms with Crippen LogP contribution in [-0.2, 0) is 9.59 Å². The number of thiazole rings is 1. The number of carbonyl (C=O) groups is 2. The highest BCUT2D eigenvalue weighted by Gasteiger charge is 2.18. The first kappa shape index (κ1) is 15.5. The Labute approximate surface area is 128 Å². The number of aliphatic hydroxyl groups is 1. The highest BCUT2D eigenvalue weighted by Crippen LogP contribution is 2.22. The van der Waals surface area contributed by atoms with Gasteiger partial charge in [-0.05, 0) is 6.08 Å². The molecule has 0 aromatic carbocycles. The summed E-state index contributed by atoms with van der Waals surface area (Å²) in [7, 11) is 0. The van der Waals surface area contributed by atoms with Crippen LogP contribution in [0.4, 0.5) is 0 Å². The molecular formula is C12H12ClN3O4S. The zero-order valence-electron chi connectivity index (χ0n) is 10.7. The van der Waals surface area contributed by atoms with Gasteiger partial charge < -0.3 is 15.5 Å². The van der Waals surface area contributed by atoms with E-state index >= 15 is 0 Å². The second kappa shape index (κ2) is 6.70. The van der Waals surface area contributed by atoms with Gasteiger partial charge in [0, 0.05) is 30.7 Å². The number of aromatic nitrogens is 2. The van der Waals surface area contributed by atoms with Gasteiger partial charge in [-0.15, -0.1) is 11.3 Å². The molecule has 1 amide bonds. The number of halogens is 1. The van der Waals surface area contributed by atoms with Crippen LogP contribution >= 0.6 is 22.9 Å². The minimum absolute atomic E-state index is 0.0584. The van der Waals surface area contributed by atoms with Crippen LogP contribution in [0.2, 0.25) is 5.15 Å². The monoisotopic (exact) mass is 329 g/mol. The fourth-order valence-corrected chi connectivity index (χ4v) is 2.69. The summed E-state index contributed by atoms with van der Waals surface area (Å²) in [6.07, 6.45) is 4.35. The van der Waals surface area contributed by atoms with Crippen LogP contribution in [-0.4, -0.2) is 44.1 Å². The Morgan fingerprint density at radius 1 is 1.57 bits per heavy atom. The number of fused-ring (bicyclic) bond motifs is 1. The molecular weight excluding hydrogens is 318 g/mol. The van der Waals surface area contributed by atoms with Gasteiger partial charge in [0.25, 0.3) is 0 Å². The number of aliphatic hydroxyl groups excluding tert-OH is 1. The van der Waals surface area contributed by atoms with E-state index in [2.05, 4.69) is 10.3 Å². The van der Waals surface area contributed by atoms with Crippen molar-refractivity contribution in [3.8, 4) is 0 Å². The maximum absolute atomic E-state index is 11.7. The molecule has 0 fully saturated rings. The number of carbonyl (C=O) groups excluding carboxylic acids is 1. The zero-order chi connectivity index (χ0) is 15.4. The molecule has 2 heterocycles. The number of amides is 1. The van der Waals surface area contributed by atoms with Crippen LogP contribution in [0.25, 0.3) is 11.0 Å². The first-order chi connectivity index (χ1) is 10.0. The number of imidazole rings is 1. The lowest BCUT2D eigenvalue weighted by Crippen LogP contribution is -2.40. The van der Waals surface area contributed by atoms with E-state index in [0.717, 1.165) is 0 Å². The molecule has 9 heteroatoms. The summed E-state index contributed by atoms with van der Waals surface area (Å²) in [6, 6.07) is -1.13. The highest BCUT2D eigenvalue weighted by atomic mass is 35.5. The summed E-state index contributed by atoms with van der Waals surface area (Å²) in [6.45, 7) is -0.328. The number of nitrogens with zero attached hydrogens (tertiary/aromatic N) is 2. The normalized spacial score (nSPS) is 12.9. The van der Waals surface area contributed by atoms with Crippen LogP contribution in [0.1, 0.15) is 12.1 Å². The molecule has 3 N–H and O–H groups in total. The van der Waals surface area contributed by atoms with Crippen molar-refractivity contribution in [3.05, 3.63) is 28.5 Å². The number of carboxylic acid groups (broad SMARTS) is 1. The average Bonchev–Trinajstić information content (AvgIpc) is 2.96. The Morgan fingerprint density at radius 3 is 3.00 bits per heavy atom. The van der Waals surface area contributed by atoms with E-state index in [1.165, 1.54) is 23.5 Å². The maximum Gasteiger partial charge on any atom is 0.326 e. The highest BCUT2D eigenvalue weighted by molar-refractivity contribution is 7.15. The van der Waals surface area contributed by atoms with Gasteiger partial charge in [-0.2, -0.15) is 0 Å². The molecule has 7 nitrogen and oxygen atoms in total. The van der Waals surface area contributed by atoms with Gasteiger partial charge in [-0.3, -0.25) is 9.20 Å². The van der Waals surface area contributed by atoms with Crippen LogP contribution in [0, 0.1) is 0 Å². The molecule has 0 aliphatic carbocycles. The van der Waals surface area contributed by atoms with Crippen molar-refractivity contribution in [1.29, 1.82) is 0 Å². The van der Waals surface area contributed by atoms with Gasteiger partial charge >= 0.3 is 5.97 Å². The standard InChI is InChI=1S/C12H12ClN3O4S/c13-10-8(16-4-6-21-12(16)15-10)1-2-9(18)14-7(3-5-17)11(19)20/h1-2,4,6-7,17H,3,5H2,(H,14,18)(H,19,20)/b2-1+/t7-/m0/s1. The van der Waals surface area contributed by atoms with Crippen LogP contribution in [0.3, 0.4) is 0 Å². The first-order valence-electron chi connectivity index (χ1n) is 5.96. The molecule has 0 unspecified atom stereocenters. The van der Waals surface area contributed by atoms with Gasteiger partial charge in [0.2, 0.25) is 5.91 Å². The van der Waals surface area contributed by atoms with Crippen molar-refractivity contribution < 1.29 is 19.8 Å². The molecule has 1 atom stereocenters. The molecule has 0 spiro atoms. The van der Waals surface area contributed by atoms with E-state index in [4.69, 9.17) is 21.8 Å². The SMILES string of the molecule is O=C(/C=C/c1c(Cl)nc2sccn12)N[C@@H](CCO)C(=O)O. The molecule has 0 aliphatic rings. The lowest BCUT2D eigenvalue weighted by molar-refractivity contribution is -0.141. The third kappa shape index (κ3) is 3.60. The Morgan fingerprint density at radius 2 is 2.33 bits per heavy atom. The van der Waals surface area contributed by atoms with E-state index in [1.807, 2.05) is 5.38 Å². The average molecular weight is 330 g/mol. The Bertz CT molecular complexity index is 694. The molecule has 0 bridgehead atoms. The van der Waals surface area contributed by atoms with E-state index in [1.54, 1.807) is 10.6 Å². The lowest BCUT2D eigenvalue weighted by Gasteiger charge is -2.11. The van der Waals surface area contributed by atoms with Gasteiger partial charge in [-0.25, -0.2) is 9.78 Å². The minimum atomic E-state index is -1.20. The van der Waals surface area contributed by atoms with E-state index < -0.39 is 17.9 Å². The largest absolute Gasteiger partial charge is 0.480 e. The fraction of sp³-hybridized carbons (Fsp3) is 0.250. The van der Waals surface area contributed by atoms with Gasteiger partial charge in [0.05, 0.1) is 5.69 Å². The van der Waals surface area contributed by atoms with Crippen molar-refractivity contribution in [2.75, 3.05) is 6.61 Å². The molecule has 2 aromatic heterocycles. The van der Waals surface area contributed by atoms with Crippen LogP contribution in [0.15, 0.2) is 17.7 Å². The summed E-state index contributed by atoms with van der Waals surface area (Å²) in [5, 5.41) is 22.0. The second-order valence-electron chi connectivity index (χ2n) is 4.09. The molecule has 0 saturated carbocycles. The molecule has 0 saturated heterocycles. The number of nitrogens with one attached hydrogen (secondary N) is 1. The Balaban J connectivity index is 2.09. The van der Waals surface area contributed by atoms with Crippen molar-refractivity contribution in [3.63, 3.8) is 0 Å². The quantitative estimate of drug-likeness (QED) is 0.686. The number of hydrogen-bond donors (Lipinski definition) is 3. The van der Waals surface area contributed by atoms with Crippen LogP contribution < -0.4 is 5.32 Å². The third-order valence-corrected chi connectivity index (χ3v) is 3.71. The predicted octanol–water partition coefficient (Wildman–Crippen LogP) is 1.01. The second-order valence-corrected chi connectivity index (χ2v) is 5.32. The van der Waals surface area contributed by atoms with Crippen molar-refractivity contribution in [1.82, 2.24) is 14.7 Å². The van der Waals surface area contributed by atoms with Gasteiger partial charge in [-0.1, -0.05) is 11.6 Å². The van der Waals surface area contributed by atoms with Crippen molar-refractivity contribution in [2.45, 2.75) is 12.5 Å². The number of carboxylic acids is 1. The Kier molecular flexibility index (Phi) is 4.94. The number of aliphatic carboxylic acids is 1. The number of rotatable bonds is 6. The summed E-state index contributed by atoms with van der Waals surface area (Å²) < 4.78 is 1.72. The van der Waals surface area contributed by atoms with E-state index in [-0.39, 0.29) is 18.2 Å². The van der Waals surface area contributed by atoms with Gasteiger partial charge in [0.1, 0.15) is 6.04 Å². The first-order valence-corrected chi connectivity index (χ1v) is 7.22. The lowest BCUT2D eigenvalue weighted by atomic mass is 10.2. The van der Waals surface area contributed by atoms with Crippen LogP contribution in [0.5, 0.6) is 0 Å². The summed E-state index contributed by atoms with van der Waals surface area (Å²) in [5.41, 5.74) is 0.539. The minimum Gasteiger partial charge on any atom is -0.480 e. The predicted molar refractivity (Wildman–Crippen MR) is 78.4 cm³/mol. The number of hydrogen-bond acceptors (Lipinski definition) is 5. The topological polar surface area (TPSA) is 104 Å². The molecule has 2 aromatic rings. The fourth-order valence-electron chi connectivity index (χ4n) is 1.69.